The second kappa shape index (κ2) is 21.4. The van der Waals surface area contributed by atoms with Crippen LogP contribution in [0.15, 0.2) is 0 Å². The van der Waals surface area contributed by atoms with E-state index in [1.54, 1.807) is 0 Å². The summed E-state index contributed by atoms with van der Waals surface area (Å²) in [5.74, 6) is -12.7. The number of hydrogen-bond donors (Lipinski definition) is 12. The Hall–Kier alpha value is -5.38. The molecule has 0 fully saturated rings. The first-order chi connectivity index (χ1) is 22.3. The average molecular weight is 693 g/mol. The number of aliphatic hydroxyl groups is 1. The van der Waals surface area contributed by atoms with Gasteiger partial charge in [0.15, 0.2) is 0 Å². The van der Waals surface area contributed by atoms with Crippen LogP contribution >= 0.6 is 0 Å². The molecule has 48 heavy (non-hydrogen) atoms. The van der Waals surface area contributed by atoms with Gasteiger partial charge in [-0.3, -0.25) is 43.2 Å². The van der Waals surface area contributed by atoms with Crippen LogP contribution in [-0.2, 0) is 47.9 Å². The first-order valence-electron chi connectivity index (χ1n) is 14.3. The van der Waals surface area contributed by atoms with Gasteiger partial charge in [-0.1, -0.05) is 0 Å². The quantitative estimate of drug-likeness (QED) is 0.0452. The number of nitrogens with one attached hydrogen (secondary N) is 5. The Balaban J connectivity index is 5.88. The van der Waals surface area contributed by atoms with E-state index in [0.29, 0.717) is 0 Å². The predicted octanol–water partition coefficient (Wildman–Crippen LogP) is -4.71. The molecule has 0 heterocycles. The summed E-state index contributed by atoms with van der Waals surface area (Å²) in [6, 6.07) is -9.71. The van der Waals surface area contributed by atoms with Gasteiger partial charge in [0.1, 0.15) is 36.3 Å². The minimum atomic E-state index is -1.71. The molecule has 0 aromatic rings. The van der Waals surface area contributed by atoms with Crippen molar-refractivity contribution in [3.63, 3.8) is 0 Å². The summed E-state index contributed by atoms with van der Waals surface area (Å²) in [5.41, 5.74) is 5.40. The van der Waals surface area contributed by atoms with Crippen molar-refractivity contribution in [2.45, 2.75) is 94.5 Å². The minimum absolute atomic E-state index is 0.504. The standard InChI is InChI=1S/C26H40N6O16/c1-11(21(42)29-14(3-7-18(36)37)25(46)32-16(26(47)48)5-9-20(40)41)28-23(44)13(2-6-17(34)35)31-24(45)15(4-8-19(38)39)30-22(43)12(27)10-33/h11-16,33H,2-10,27H2,1H3,(H,28,44)(H,29,42)(H,30,43)(H,31,45)(H,32,46)(H,34,35)(H,36,37)(H,38,39)(H,40,41)(H,47,48)/t11-,12-,13-,14-,15-,16-/m0/s1. The molecule has 0 aliphatic carbocycles. The number of carbonyl (C=O) groups excluding carboxylic acids is 5. The molecule has 22 heteroatoms. The fraction of sp³-hybridized carbons (Fsp3) is 0.615. The Morgan fingerprint density at radius 1 is 0.479 bits per heavy atom. The maximum Gasteiger partial charge on any atom is 0.326 e. The lowest BCUT2D eigenvalue weighted by Crippen LogP contribution is -2.59. The highest BCUT2D eigenvalue weighted by Gasteiger charge is 2.32. The molecule has 5 amide bonds. The number of carbonyl (C=O) groups is 10. The van der Waals surface area contributed by atoms with Crippen LogP contribution in [-0.4, -0.2) is 133 Å². The lowest BCUT2D eigenvalue weighted by atomic mass is 10.1. The van der Waals surface area contributed by atoms with Gasteiger partial charge in [-0.15, -0.1) is 0 Å². The van der Waals surface area contributed by atoms with Crippen molar-refractivity contribution >= 4 is 59.4 Å². The molecule has 0 rings (SSSR count). The van der Waals surface area contributed by atoms with Gasteiger partial charge in [0.2, 0.25) is 29.5 Å². The maximum atomic E-state index is 13.1. The van der Waals surface area contributed by atoms with Gasteiger partial charge in [-0.05, 0) is 32.6 Å². The summed E-state index contributed by atoms with van der Waals surface area (Å²) < 4.78 is 0. The molecule has 0 aromatic carbocycles. The SMILES string of the molecule is C[C@H](NC(=O)[C@H](CCC(=O)O)NC(=O)[C@H](CCC(=O)O)NC(=O)[C@@H](N)CO)C(=O)N[C@@H](CCC(=O)O)C(=O)N[C@@H](CCC(=O)O)C(=O)O. The average Bonchev–Trinajstić information content (AvgIpc) is 2.99. The number of carboxylic acid groups (broad SMARTS) is 5. The molecule has 0 radical (unpaired) electrons. The molecule has 0 bridgehead atoms. The van der Waals surface area contributed by atoms with E-state index in [4.69, 9.17) is 31.3 Å². The first-order valence-corrected chi connectivity index (χ1v) is 14.3. The summed E-state index contributed by atoms with van der Waals surface area (Å²) in [6.45, 7) is 0.265. The van der Waals surface area contributed by atoms with Crippen molar-refractivity contribution in [3.8, 4) is 0 Å². The zero-order chi connectivity index (χ0) is 37.1. The van der Waals surface area contributed by atoms with Crippen molar-refractivity contribution in [3.05, 3.63) is 0 Å². The molecule has 0 aliphatic heterocycles. The lowest BCUT2D eigenvalue weighted by Gasteiger charge is -2.25. The minimum Gasteiger partial charge on any atom is -0.481 e. The van der Waals surface area contributed by atoms with Crippen molar-refractivity contribution in [2.24, 2.45) is 5.73 Å². The van der Waals surface area contributed by atoms with E-state index >= 15 is 0 Å². The van der Waals surface area contributed by atoms with Gasteiger partial charge in [0.05, 0.1) is 6.61 Å². The number of rotatable bonds is 24. The summed E-state index contributed by atoms with van der Waals surface area (Å²) >= 11 is 0. The zero-order valence-corrected chi connectivity index (χ0v) is 25.7. The Labute approximate surface area is 271 Å². The Morgan fingerprint density at radius 3 is 1.10 bits per heavy atom. The van der Waals surface area contributed by atoms with E-state index in [0.717, 1.165) is 6.92 Å². The van der Waals surface area contributed by atoms with Crippen LogP contribution < -0.4 is 32.3 Å². The third-order valence-corrected chi connectivity index (χ3v) is 6.39. The second-order valence-corrected chi connectivity index (χ2v) is 10.3. The molecule has 0 saturated carbocycles. The monoisotopic (exact) mass is 692 g/mol. The Kier molecular flexibility index (Phi) is 19.0. The molecule has 0 aliphatic rings. The number of hydrogen-bond acceptors (Lipinski definition) is 12. The molecule has 6 atom stereocenters. The zero-order valence-electron chi connectivity index (χ0n) is 25.7. The van der Waals surface area contributed by atoms with Crippen molar-refractivity contribution in [1.29, 1.82) is 0 Å². The summed E-state index contributed by atoms with van der Waals surface area (Å²) in [5, 5.41) is 64.9. The molecule has 0 spiro atoms. The number of amides is 5. The smallest absolute Gasteiger partial charge is 0.326 e. The topological polar surface area (TPSA) is 378 Å². The normalized spacial score (nSPS) is 14.4. The van der Waals surface area contributed by atoms with Gasteiger partial charge in [-0.2, -0.15) is 0 Å². The highest BCUT2D eigenvalue weighted by atomic mass is 16.4. The van der Waals surface area contributed by atoms with Crippen LogP contribution in [0.2, 0.25) is 0 Å². The lowest BCUT2D eigenvalue weighted by molar-refractivity contribution is -0.144. The van der Waals surface area contributed by atoms with E-state index in [9.17, 15) is 53.1 Å². The largest absolute Gasteiger partial charge is 0.481 e. The van der Waals surface area contributed by atoms with Gasteiger partial charge >= 0.3 is 29.8 Å². The third-order valence-electron chi connectivity index (χ3n) is 6.39. The molecule has 270 valence electrons. The van der Waals surface area contributed by atoms with Crippen LogP contribution in [0.5, 0.6) is 0 Å². The van der Waals surface area contributed by atoms with E-state index in [1.807, 2.05) is 5.32 Å². The van der Waals surface area contributed by atoms with Gasteiger partial charge in [0, 0.05) is 25.7 Å². The van der Waals surface area contributed by atoms with Crippen molar-refractivity contribution in [2.75, 3.05) is 6.61 Å². The van der Waals surface area contributed by atoms with Gasteiger partial charge < -0.3 is 63.0 Å². The van der Waals surface area contributed by atoms with E-state index < -0.39 is 154 Å². The highest BCUT2D eigenvalue weighted by molar-refractivity contribution is 5.96. The van der Waals surface area contributed by atoms with Crippen LogP contribution in [0.4, 0.5) is 0 Å². The Morgan fingerprint density at radius 2 is 0.771 bits per heavy atom. The molecule has 13 N–H and O–H groups in total. The number of aliphatic hydroxyl groups excluding tert-OH is 1. The Bertz CT molecular complexity index is 1230. The van der Waals surface area contributed by atoms with E-state index in [-0.39, 0.29) is 0 Å². The summed E-state index contributed by atoms with van der Waals surface area (Å²) in [6.07, 6.45) is -4.82. The number of nitrogens with two attached hydrogens (primary N) is 1. The predicted molar refractivity (Wildman–Crippen MR) is 156 cm³/mol. The number of aliphatic carboxylic acids is 5. The van der Waals surface area contributed by atoms with Gasteiger partial charge in [0.25, 0.3) is 0 Å². The fourth-order valence-electron chi connectivity index (χ4n) is 3.72. The molecule has 0 saturated heterocycles. The van der Waals surface area contributed by atoms with Crippen molar-refractivity contribution < 1.29 is 78.6 Å². The van der Waals surface area contributed by atoms with Crippen LogP contribution in [0.25, 0.3) is 0 Å². The molecule has 22 nitrogen and oxygen atoms in total. The number of carboxylic acids is 5. The first kappa shape index (κ1) is 42.6. The second-order valence-electron chi connectivity index (χ2n) is 10.3. The van der Waals surface area contributed by atoms with Crippen molar-refractivity contribution in [1.82, 2.24) is 26.6 Å². The third kappa shape index (κ3) is 17.4. The van der Waals surface area contributed by atoms with Crippen LogP contribution in [0, 0.1) is 0 Å². The summed E-state index contributed by atoms with van der Waals surface area (Å²) in [4.78, 5) is 119. The molecule has 0 unspecified atom stereocenters. The molecular weight excluding hydrogens is 652 g/mol. The molecular formula is C26H40N6O16. The van der Waals surface area contributed by atoms with E-state index in [2.05, 4.69) is 21.3 Å². The van der Waals surface area contributed by atoms with Gasteiger partial charge in [-0.25, -0.2) is 4.79 Å². The highest BCUT2D eigenvalue weighted by Crippen LogP contribution is 2.06. The summed E-state index contributed by atoms with van der Waals surface area (Å²) in [7, 11) is 0. The maximum absolute atomic E-state index is 13.1. The van der Waals surface area contributed by atoms with E-state index in [1.165, 1.54) is 0 Å². The molecule has 0 aromatic heterocycles. The van der Waals surface area contributed by atoms with Crippen LogP contribution in [0.1, 0.15) is 58.3 Å². The fourth-order valence-corrected chi connectivity index (χ4v) is 3.72. The van der Waals surface area contributed by atoms with Crippen LogP contribution in [0.3, 0.4) is 0 Å².